The van der Waals surface area contributed by atoms with Crippen molar-refractivity contribution >= 4 is 0 Å². The van der Waals surface area contributed by atoms with Gasteiger partial charge >= 0.3 is 0 Å². The molecule has 3 heterocycles. The van der Waals surface area contributed by atoms with Crippen molar-refractivity contribution in [1.29, 1.82) is 0 Å². The van der Waals surface area contributed by atoms with Crippen LogP contribution in [0.5, 0.6) is 0 Å². The number of hydrogen-bond donors (Lipinski definition) is 1. The Kier molecular flexibility index (Phi) is 2.74. The molecular formula is C13H20N2O. The molecule has 2 saturated heterocycles. The third-order valence-electron chi connectivity index (χ3n) is 4.11. The Morgan fingerprint density at radius 3 is 3.19 bits per heavy atom. The van der Waals surface area contributed by atoms with Crippen LogP contribution in [-0.2, 0) is 0 Å². The van der Waals surface area contributed by atoms with Gasteiger partial charge in [0, 0.05) is 30.2 Å². The predicted molar refractivity (Wildman–Crippen MR) is 63.3 cm³/mol. The molecule has 16 heavy (non-hydrogen) atoms. The Hall–Kier alpha value is -0.800. The molecule has 3 heteroatoms. The van der Waals surface area contributed by atoms with E-state index in [9.17, 15) is 0 Å². The summed E-state index contributed by atoms with van der Waals surface area (Å²) >= 11 is 0. The van der Waals surface area contributed by atoms with Crippen molar-refractivity contribution in [1.82, 2.24) is 10.2 Å². The highest BCUT2D eigenvalue weighted by atomic mass is 16.3. The summed E-state index contributed by atoms with van der Waals surface area (Å²) < 4.78 is 5.14. The zero-order valence-electron chi connectivity index (χ0n) is 9.86. The Morgan fingerprint density at radius 1 is 1.44 bits per heavy atom. The van der Waals surface area contributed by atoms with Gasteiger partial charge in [0.05, 0.1) is 12.5 Å². The molecule has 3 unspecified atom stereocenters. The minimum Gasteiger partial charge on any atom is -0.472 e. The van der Waals surface area contributed by atoms with E-state index < -0.39 is 0 Å². The fourth-order valence-corrected chi connectivity index (χ4v) is 3.22. The second-order valence-corrected chi connectivity index (χ2v) is 5.09. The average molecular weight is 220 g/mol. The van der Waals surface area contributed by atoms with Crippen LogP contribution in [0.3, 0.4) is 0 Å². The molecule has 2 aliphatic heterocycles. The Bertz CT molecular complexity index is 336. The first-order valence-corrected chi connectivity index (χ1v) is 6.37. The molecule has 0 aliphatic carbocycles. The molecule has 1 N–H and O–H groups in total. The molecule has 1 aromatic heterocycles. The van der Waals surface area contributed by atoms with E-state index >= 15 is 0 Å². The van der Waals surface area contributed by atoms with Crippen molar-refractivity contribution in [2.45, 2.75) is 44.3 Å². The molecule has 0 radical (unpaired) electrons. The number of nitrogens with zero attached hydrogens (tertiary/aromatic N) is 1. The van der Waals surface area contributed by atoms with Crippen LogP contribution in [0.1, 0.15) is 37.8 Å². The van der Waals surface area contributed by atoms with Gasteiger partial charge in [-0.15, -0.1) is 0 Å². The number of nitrogens with one attached hydrogen (secondary N) is 1. The fraction of sp³-hybridized carbons (Fsp3) is 0.692. The summed E-state index contributed by atoms with van der Waals surface area (Å²) in [4.78, 5) is 2.64. The molecule has 0 aromatic carbocycles. The van der Waals surface area contributed by atoms with Gasteiger partial charge in [-0.2, -0.15) is 0 Å². The third kappa shape index (κ3) is 1.78. The fourth-order valence-electron chi connectivity index (χ4n) is 3.22. The quantitative estimate of drug-likeness (QED) is 0.846. The van der Waals surface area contributed by atoms with E-state index in [4.69, 9.17) is 4.42 Å². The predicted octanol–water partition coefficient (Wildman–Crippen LogP) is 2.17. The number of fused-ring (bicyclic) bond motifs is 1. The van der Waals surface area contributed by atoms with Crippen molar-refractivity contribution in [3.8, 4) is 0 Å². The van der Waals surface area contributed by atoms with Crippen LogP contribution in [0.25, 0.3) is 0 Å². The summed E-state index contributed by atoms with van der Waals surface area (Å²) in [5.41, 5.74) is 1.26. The first-order valence-electron chi connectivity index (χ1n) is 6.37. The summed E-state index contributed by atoms with van der Waals surface area (Å²) in [7, 11) is 0. The van der Waals surface area contributed by atoms with Gasteiger partial charge < -0.3 is 9.73 Å². The van der Waals surface area contributed by atoms with Crippen LogP contribution >= 0.6 is 0 Å². The maximum Gasteiger partial charge on any atom is 0.0950 e. The van der Waals surface area contributed by atoms with Gasteiger partial charge in [-0.3, -0.25) is 4.90 Å². The minimum absolute atomic E-state index is 0.407. The van der Waals surface area contributed by atoms with E-state index in [1.54, 1.807) is 6.26 Å². The molecule has 0 saturated carbocycles. The van der Waals surface area contributed by atoms with Crippen molar-refractivity contribution in [2.75, 3.05) is 13.1 Å². The van der Waals surface area contributed by atoms with Crippen LogP contribution in [0, 0.1) is 0 Å². The smallest absolute Gasteiger partial charge is 0.0950 e. The van der Waals surface area contributed by atoms with Gasteiger partial charge in [-0.25, -0.2) is 0 Å². The molecule has 3 nitrogen and oxygen atoms in total. The minimum atomic E-state index is 0.407. The molecule has 1 aromatic rings. The second kappa shape index (κ2) is 4.22. The average Bonchev–Trinajstić information content (AvgIpc) is 2.94. The molecule has 2 fully saturated rings. The summed E-state index contributed by atoms with van der Waals surface area (Å²) in [6, 6.07) is 3.92. The molecule has 0 spiro atoms. The lowest BCUT2D eigenvalue weighted by atomic mass is 10.0. The molecule has 88 valence electrons. The van der Waals surface area contributed by atoms with E-state index in [-0.39, 0.29) is 0 Å². The van der Waals surface area contributed by atoms with Gasteiger partial charge in [0.1, 0.15) is 0 Å². The first-order chi connectivity index (χ1) is 7.84. The maximum absolute atomic E-state index is 5.14. The van der Waals surface area contributed by atoms with E-state index in [0.717, 1.165) is 6.04 Å². The number of furan rings is 1. The molecule has 0 amide bonds. The molecule has 3 rings (SSSR count). The summed E-state index contributed by atoms with van der Waals surface area (Å²) in [5, 5.41) is 3.75. The summed E-state index contributed by atoms with van der Waals surface area (Å²) in [6.07, 6.45) is 7.65. The lowest BCUT2D eigenvalue weighted by Crippen LogP contribution is -2.40. The normalized spacial score (nSPS) is 31.8. The monoisotopic (exact) mass is 220 g/mol. The zero-order valence-corrected chi connectivity index (χ0v) is 9.86. The van der Waals surface area contributed by atoms with E-state index in [1.165, 1.54) is 37.9 Å². The van der Waals surface area contributed by atoms with Crippen LogP contribution < -0.4 is 5.32 Å². The van der Waals surface area contributed by atoms with Gasteiger partial charge in [-0.1, -0.05) is 0 Å². The van der Waals surface area contributed by atoms with Crippen molar-refractivity contribution in [3.05, 3.63) is 24.2 Å². The van der Waals surface area contributed by atoms with Gasteiger partial charge in [0.2, 0.25) is 0 Å². The van der Waals surface area contributed by atoms with E-state index in [0.29, 0.717) is 12.1 Å². The lowest BCUT2D eigenvalue weighted by Gasteiger charge is -2.24. The van der Waals surface area contributed by atoms with E-state index in [2.05, 4.69) is 23.2 Å². The molecular weight excluding hydrogens is 200 g/mol. The SMILES string of the molecule is CC(NC1CCN2CCCC12)c1ccoc1. The molecule has 0 bridgehead atoms. The highest BCUT2D eigenvalue weighted by Gasteiger charge is 2.37. The van der Waals surface area contributed by atoms with Crippen LogP contribution in [0.15, 0.2) is 23.0 Å². The number of hydrogen-bond acceptors (Lipinski definition) is 3. The maximum atomic E-state index is 5.14. The highest BCUT2D eigenvalue weighted by Crippen LogP contribution is 2.29. The molecule has 3 atom stereocenters. The standard InChI is InChI=1S/C13H20N2O/c1-10(11-5-8-16-9-11)14-12-4-7-15-6-2-3-13(12)15/h5,8-10,12-14H,2-4,6-7H2,1H3. The van der Waals surface area contributed by atoms with E-state index in [1.807, 2.05) is 6.26 Å². The summed E-state index contributed by atoms with van der Waals surface area (Å²) in [6.45, 7) is 4.81. The number of rotatable bonds is 3. The Labute approximate surface area is 96.8 Å². The third-order valence-corrected chi connectivity index (χ3v) is 4.11. The Balaban J connectivity index is 1.62. The van der Waals surface area contributed by atoms with Crippen LogP contribution in [0.2, 0.25) is 0 Å². The first kappa shape index (κ1) is 10.4. The topological polar surface area (TPSA) is 28.4 Å². The lowest BCUT2D eigenvalue weighted by molar-refractivity contribution is 0.291. The van der Waals surface area contributed by atoms with Gasteiger partial charge in [0.15, 0.2) is 0 Å². The highest BCUT2D eigenvalue weighted by molar-refractivity contribution is 5.11. The van der Waals surface area contributed by atoms with Crippen molar-refractivity contribution in [2.24, 2.45) is 0 Å². The van der Waals surface area contributed by atoms with Gasteiger partial charge in [0.25, 0.3) is 0 Å². The van der Waals surface area contributed by atoms with Crippen LogP contribution in [0.4, 0.5) is 0 Å². The van der Waals surface area contributed by atoms with Gasteiger partial charge in [-0.05, 0) is 38.8 Å². The second-order valence-electron chi connectivity index (χ2n) is 5.09. The Morgan fingerprint density at radius 2 is 2.38 bits per heavy atom. The van der Waals surface area contributed by atoms with Crippen molar-refractivity contribution in [3.63, 3.8) is 0 Å². The van der Waals surface area contributed by atoms with Crippen LogP contribution in [-0.4, -0.2) is 30.1 Å². The zero-order chi connectivity index (χ0) is 11.0. The largest absolute Gasteiger partial charge is 0.472 e. The van der Waals surface area contributed by atoms with Crippen molar-refractivity contribution < 1.29 is 4.42 Å². The summed E-state index contributed by atoms with van der Waals surface area (Å²) in [5.74, 6) is 0. The molecule has 2 aliphatic rings.